The van der Waals surface area contributed by atoms with Gasteiger partial charge in [-0.1, -0.05) is 6.42 Å². The van der Waals surface area contributed by atoms with E-state index in [1.54, 1.807) is 5.38 Å². The van der Waals surface area contributed by atoms with Crippen molar-refractivity contribution in [2.24, 2.45) is 0 Å². The van der Waals surface area contributed by atoms with Crippen LogP contribution >= 0.6 is 23.7 Å². The quantitative estimate of drug-likeness (QED) is 0.912. The SMILES string of the molecule is Cl.O=S(=O)(CC1CCCCN1)c1nccs1. The molecule has 1 saturated heterocycles. The van der Waals surface area contributed by atoms with Crippen LogP contribution in [0.4, 0.5) is 0 Å². The van der Waals surface area contributed by atoms with Crippen molar-refractivity contribution in [3.05, 3.63) is 11.6 Å². The molecule has 0 bridgehead atoms. The summed E-state index contributed by atoms with van der Waals surface area (Å²) in [4.78, 5) is 3.86. The van der Waals surface area contributed by atoms with E-state index in [-0.39, 0.29) is 28.5 Å². The minimum absolute atomic E-state index is 0. The standard InChI is InChI=1S/C9H14N2O2S2.ClH/c12-15(13,9-11-5-6-14-9)7-8-3-1-2-4-10-8;/h5-6,8,10H,1-4,7H2;1H. The van der Waals surface area contributed by atoms with Crippen LogP contribution in [-0.4, -0.2) is 31.7 Å². The summed E-state index contributed by atoms with van der Waals surface area (Å²) in [6.45, 7) is 0.929. The second-order valence-electron chi connectivity index (χ2n) is 3.73. The van der Waals surface area contributed by atoms with E-state index in [2.05, 4.69) is 10.3 Å². The van der Waals surface area contributed by atoms with Gasteiger partial charge in [-0.3, -0.25) is 0 Å². The van der Waals surface area contributed by atoms with Gasteiger partial charge in [-0.2, -0.15) is 0 Å². The van der Waals surface area contributed by atoms with E-state index in [4.69, 9.17) is 0 Å². The lowest BCUT2D eigenvalue weighted by atomic mass is 10.1. The summed E-state index contributed by atoms with van der Waals surface area (Å²) in [7, 11) is -3.17. The first-order chi connectivity index (χ1) is 7.18. The fourth-order valence-corrected chi connectivity index (χ4v) is 4.26. The topological polar surface area (TPSA) is 59.1 Å². The van der Waals surface area contributed by atoms with E-state index in [0.717, 1.165) is 25.8 Å². The molecule has 1 N–H and O–H groups in total. The van der Waals surface area contributed by atoms with Crippen LogP contribution in [0.3, 0.4) is 0 Å². The van der Waals surface area contributed by atoms with Gasteiger partial charge in [-0.15, -0.1) is 23.7 Å². The average molecular weight is 283 g/mol. The molecule has 1 aromatic rings. The third kappa shape index (κ3) is 3.41. The van der Waals surface area contributed by atoms with Gasteiger partial charge in [0.15, 0.2) is 0 Å². The van der Waals surface area contributed by atoms with E-state index in [1.165, 1.54) is 17.5 Å². The molecule has 2 rings (SSSR count). The fourth-order valence-electron chi connectivity index (χ4n) is 1.77. The molecule has 1 fully saturated rings. The van der Waals surface area contributed by atoms with E-state index >= 15 is 0 Å². The van der Waals surface area contributed by atoms with Crippen molar-refractivity contribution >= 4 is 33.6 Å². The van der Waals surface area contributed by atoms with E-state index < -0.39 is 9.84 Å². The van der Waals surface area contributed by atoms with Gasteiger partial charge in [-0.25, -0.2) is 13.4 Å². The van der Waals surface area contributed by atoms with Crippen LogP contribution in [0, 0.1) is 0 Å². The normalized spacial score (nSPS) is 21.4. The van der Waals surface area contributed by atoms with Crippen LogP contribution in [0.1, 0.15) is 19.3 Å². The zero-order valence-electron chi connectivity index (χ0n) is 8.76. The zero-order chi connectivity index (χ0) is 10.7. The van der Waals surface area contributed by atoms with Crippen molar-refractivity contribution in [2.75, 3.05) is 12.3 Å². The molecule has 0 amide bonds. The minimum Gasteiger partial charge on any atom is -0.313 e. The molecular formula is C9H15ClN2O2S2. The van der Waals surface area contributed by atoms with E-state index in [9.17, 15) is 8.42 Å². The highest BCUT2D eigenvalue weighted by molar-refractivity contribution is 7.93. The molecule has 4 nitrogen and oxygen atoms in total. The number of rotatable bonds is 3. The molecule has 0 aliphatic carbocycles. The number of halogens is 1. The number of nitrogens with one attached hydrogen (secondary N) is 1. The molecule has 16 heavy (non-hydrogen) atoms. The van der Waals surface area contributed by atoms with Gasteiger partial charge < -0.3 is 5.32 Å². The van der Waals surface area contributed by atoms with Gasteiger partial charge in [0, 0.05) is 17.6 Å². The average Bonchev–Trinajstić information content (AvgIpc) is 2.71. The van der Waals surface area contributed by atoms with Crippen molar-refractivity contribution in [3.63, 3.8) is 0 Å². The highest BCUT2D eigenvalue weighted by Crippen LogP contribution is 2.17. The summed E-state index contributed by atoms with van der Waals surface area (Å²) < 4.78 is 24.0. The molecule has 1 aliphatic heterocycles. The summed E-state index contributed by atoms with van der Waals surface area (Å²) in [5, 5.41) is 4.93. The Morgan fingerprint density at radius 2 is 2.31 bits per heavy atom. The van der Waals surface area contributed by atoms with Gasteiger partial charge in [-0.05, 0) is 19.4 Å². The van der Waals surface area contributed by atoms with Crippen LogP contribution in [-0.2, 0) is 9.84 Å². The summed E-state index contributed by atoms with van der Waals surface area (Å²) in [5.41, 5.74) is 0. The van der Waals surface area contributed by atoms with Gasteiger partial charge in [0.25, 0.3) is 0 Å². The summed E-state index contributed by atoms with van der Waals surface area (Å²) >= 11 is 1.19. The molecule has 1 aromatic heterocycles. The largest absolute Gasteiger partial charge is 0.313 e. The third-order valence-electron chi connectivity index (χ3n) is 2.51. The molecule has 0 spiro atoms. The van der Waals surface area contributed by atoms with Crippen molar-refractivity contribution in [1.82, 2.24) is 10.3 Å². The maximum absolute atomic E-state index is 11.9. The number of nitrogens with zero attached hydrogens (tertiary/aromatic N) is 1. The molecule has 7 heteroatoms. The predicted octanol–water partition coefficient (Wildman–Crippen LogP) is 1.48. The molecule has 1 atom stereocenters. The lowest BCUT2D eigenvalue weighted by molar-refractivity contribution is 0.423. The Hall–Kier alpha value is -0.170. The zero-order valence-corrected chi connectivity index (χ0v) is 11.2. The Morgan fingerprint density at radius 1 is 1.50 bits per heavy atom. The molecule has 0 radical (unpaired) electrons. The smallest absolute Gasteiger partial charge is 0.209 e. The maximum atomic E-state index is 11.9. The van der Waals surface area contributed by atoms with Crippen LogP contribution in [0.2, 0.25) is 0 Å². The molecular weight excluding hydrogens is 268 g/mol. The van der Waals surface area contributed by atoms with Crippen LogP contribution in [0.25, 0.3) is 0 Å². The number of hydrogen-bond acceptors (Lipinski definition) is 5. The molecule has 2 heterocycles. The van der Waals surface area contributed by atoms with Crippen molar-refractivity contribution in [2.45, 2.75) is 29.6 Å². The molecule has 0 saturated carbocycles. The summed E-state index contributed by atoms with van der Waals surface area (Å²) in [5.74, 6) is 0.181. The van der Waals surface area contributed by atoms with Crippen LogP contribution in [0.5, 0.6) is 0 Å². The highest BCUT2D eigenvalue weighted by Gasteiger charge is 2.24. The first-order valence-corrected chi connectivity index (χ1v) is 7.57. The van der Waals surface area contributed by atoms with Crippen LogP contribution < -0.4 is 5.32 Å². The number of thiazole rings is 1. The van der Waals surface area contributed by atoms with E-state index in [1.807, 2.05) is 0 Å². The van der Waals surface area contributed by atoms with Gasteiger partial charge in [0.1, 0.15) is 0 Å². The van der Waals surface area contributed by atoms with Gasteiger partial charge in [0.05, 0.1) is 5.75 Å². The molecule has 1 unspecified atom stereocenters. The summed E-state index contributed by atoms with van der Waals surface area (Å²) in [6.07, 6.45) is 4.75. The number of hydrogen-bond donors (Lipinski definition) is 1. The lowest BCUT2D eigenvalue weighted by Crippen LogP contribution is -2.39. The second-order valence-corrected chi connectivity index (χ2v) is 6.83. The Kier molecular flexibility index (Phi) is 5.17. The Labute approximate surface area is 106 Å². The summed E-state index contributed by atoms with van der Waals surface area (Å²) in [6, 6.07) is 0.104. The second kappa shape index (κ2) is 5.95. The number of sulfone groups is 1. The number of piperidine rings is 1. The Morgan fingerprint density at radius 3 is 2.88 bits per heavy atom. The van der Waals surface area contributed by atoms with Gasteiger partial charge in [0.2, 0.25) is 14.2 Å². The lowest BCUT2D eigenvalue weighted by Gasteiger charge is -2.22. The first-order valence-electron chi connectivity index (χ1n) is 5.04. The van der Waals surface area contributed by atoms with Crippen molar-refractivity contribution in [1.29, 1.82) is 0 Å². The van der Waals surface area contributed by atoms with E-state index in [0.29, 0.717) is 0 Å². The number of aromatic nitrogens is 1. The highest BCUT2D eigenvalue weighted by atomic mass is 35.5. The fraction of sp³-hybridized carbons (Fsp3) is 0.667. The Bertz CT molecular complexity index is 399. The molecule has 0 aromatic carbocycles. The first kappa shape index (κ1) is 13.9. The minimum atomic E-state index is -3.17. The van der Waals surface area contributed by atoms with Gasteiger partial charge >= 0.3 is 0 Å². The van der Waals surface area contributed by atoms with Crippen molar-refractivity contribution in [3.8, 4) is 0 Å². The molecule has 92 valence electrons. The maximum Gasteiger partial charge on any atom is 0.209 e. The van der Waals surface area contributed by atoms with Crippen LogP contribution in [0.15, 0.2) is 15.9 Å². The predicted molar refractivity (Wildman–Crippen MR) is 67.1 cm³/mol. The van der Waals surface area contributed by atoms with Crippen molar-refractivity contribution < 1.29 is 8.42 Å². The monoisotopic (exact) mass is 282 g/mol. The third-order valence-corrected chi connectivity index (χ3v) is 5.60. The Balaban J connectivity index is 0.00000128. The molecule has 1 aliphatic rings.